The van der Waals surface area contributed by atoms with Crippen LogP contribution in [0.5, 0.6) is 5.75 Å². The van der Waals surface area contributed by atoms with E-state index < -0.39 is 34.9 Å². The van der Waals surface area contributed by atoms with Gasteiger partial charge in [0.2, 0.25) is 5.91 Å². The van der Waals surface area contributed by atoms with Gasteiger partial charge in [0.05, 0.1) is 22.7 Å². The number of hydrogen-bond donors (Lipinski definition) is 4. The van der Waals surface area contributed by atoms with Crippen LogP contribution in [0.3, 0.4) is 0 Å². The van der Waals surface area contributed by atoms with Crippen molar-refractivity contribution in [1.82, 2.24) is 0 Å². The summed E-state index contributed by atoms with van der Waals surface area (Å²) < 4.78 is 0. The number of carbonyl (C=O) groups excluding carboxylic acids is 4. The van der Waals surface area contributed by atoms with E-state index in [4.69, 9.17) is 0 Å². The number of carbonyl (C=O) groups is 4. The smallest absolute Gasteiger partial charge is 0.224 e. The first kappa shape index (κ1) is 20.8. The minimum atomic E-state index is -1.07. The molecule has 3 aliphatic carbocycles. The van der Waals surface area contributed by atoms with Crippen molar-refractivity contribution in [3.8, 4) is 5.75 Å². The Morgan fingerprint density at radius 3 is 2.48 bits per heavy atom. The Morgan fingerprint density at radius 1 is 1.13 bits per heavy atom. The van der Waals surface area contributed by atoms with Gasteiger partial charge in [0.25, 0.3) is 0 Å². The molecule has 0 aromatic heterocycles. The van der Waals surface area contributed by atoms with Crippen LogP contribution in [0.15, 0.2) is 34.8 Å². The van der Waals surface area contributed by atoms with E-state index in [0.717, 1.165) is 0 Å². The fourth-order valence-electron chi connectivity index (χ4n) is 5.07. The molecule has 31 heavy (non-hydrogen) atoms. The standard InChI is InChI=1S/C23H23NO7/c1-3-15(27)24-13-5-4-10-6-11-7-12-8-14(26)16(9(2)25)21(29)19(12)23(31)18(11)22(30)17(10)20(13)28/h4-5,11-12,19,26,28,31H,3,6-8H2,1-2H3,(H,24,27). The number of aromatic hydroxyl groups is 1. The van der Waals surface area contributed by atoms with Gasteiger partial charge >= 0.3 is 0 Å². The van der Waals surface area contributed by atoms with Crippen molar-refractivity contribution in [2.75, 3.05) is 5.32 Å². The lowest BCUT2D eigenvalue weighted by molar-refractivity contribution is -0.125. The van der Waals surface area contributed by atoms with Gasteiger partial charge in [-0.25, -0.2) is 0 Å². The number of phenols is 1. The van der Waals surface area contributed by atoms with Gasteiger partial charge in [-0.1, -0.05) is 13.0 Å². The molecular formula is C23H23NO7. The largest absolute Gasteiger partial charge is 0.511 e. The van der Waals surface area contributed by atoms with Crippen molar-refractivity contribution in [2.24, 2.45) is 17.8 Å². The van der Waals surface area contributed by atoms with Crippen molar-refractivity contribution >= 4 is 28.9 Å². The Hall–Kier alpha value is -3.42. The van der Waals surface area contributed by atoms with Crippen molar-refractivity contribution in [1.29, 1.82) is 0 Å². The van der Waals surface area contributed by atoms with Gasteiger partial charge in [-0.2, -0.15) is 0 Å². The Kier molecular flexibility index (Phi) is 4.95. The maximum absolute atomic E-state index is 13.3. The van der Waals surface area contributed by atoms with Crippen molar-refractivity contribution in [3.05, 3.63) is 45.9 Å². The van der Waals surface area contributed by atoms with Crippen LogP contribution >= 0.6 is 0 Å². The molecule has 8 heteroatoms. The summed E-state index contributed by atoms with van der Waals surface area (Å²) in [6.45, 7) is 2.83. The average Bonchev–Trinajstić information content (AvgIpc) is 2.68. The maximum atomic E-state index is 13.3. The van der Waals surface area contributed by atoms with Gasteiger partial charge in [-0.15, -0.1) is 0 Å². The number of nitrogens with one attached hydrogen (secondary N) is 1. The van der Waals surface area contributed by atoms with Crippen molar-refractivity contribution in [2.45, 2.75) is 39.5 Å². The van der Waals surface area contributed by atoms with E-state index in [1.807, 2.05) is 0 Å². The van der Waals surface area contributed by atoms with Crippen LogP contribution in [-0.2, 0) is 20.8 Å². The number of aliphatic hydroxyl groups is 2. The van der Waals surface area contributed by atoms with Crippen LogP contribution in [0.25, 0.3) is 0 Å². The molecule has 0 aliphatic heterocycles. The SMILES string of the molecule is CCC(=O)Nc1ccc2c(c1O)C(=O)C1=C(O)C3C(=O)C(C(C)=O)=C(O)CC3CC1C2. The molecule has 0 radical (unpaired) electrons. The summed E-state index contributed by atoms with van der Waals surface area (Å²) >= 11 is 0. The monoisotopic (exact) mass is 425 g/mol. The predicted molar refractivity (Wildman–Crippen MR) is 110 cm³/mol. The summed E-state index contributed by atoms with van der Waals surface area (Å²) in [5.41, 5.74) is 0.414. The van der Waals surface area contributed by atoms with Crippen molar-refractivity contribution < 1.29 is 34.5 Å². The van der Waals surface area contributed by atoms with Crippen LogP contribution in [0.2, 0.25) is 0 Å². The summed E-state index contributed by atoms with van der Waals surface area (Å²) in [6, 6.07) is 3.20. The molecule has 3 unspecified atom stereocenters. The first-order valence-corrected chi connectivity index (χ1v) is 10.2. The third kappa shape index (κ3) is 3.13. The number of amides is 1. The number of hydrogen-bond acceptors (Lipinski definition) is 7. The van der Waals surface area contributed by atoms with Crippen LogP contribution in [0.4, 0.5) is 5.69 Å². The number of allylic oxidation sites excluding steroid dienone is 4. The molecular weight excluding hydrogens is 402 g/mol. The Bertz CT molecular complexity index is 1110. The molecule has 0 spiro atoms. The number of aliphatic hydroxyl groups excluding tert-OH is 2. The van der Waals surface area contributed by atoms with Gasteiger partial charge < -0.3 is 20.6 Å². The van der Waals surface area contributed by atoms with E-state index in [0.29, 0.717) is 18.4 Å². The second kappa shape index (κ2) is 7.37. The summed E-state index contributed by atoms with van der Waals surface area (Å²) in [6.07, 6.45) is 1.01. The molecule has 3 aliphatic rings. The third-order valence-corrected chi connectivity index (χ3v) is 6.46. The molecule has 3 atom stereocenters. The molecule has 162 valence electrons. The highest BCUT2D eigenvalue weighted by Gasteiger charge is 2.50. The second-order valence-corrected chi connectivity index (χ2v) is 8.35. The lowest BCUT2D eigenvalue weighted by atomic mass is 9.62. The van der Waals surface area contributed by atoms with Crippen molar-refractivity contribution in [3.63, 3.8) is 0 Å². The molecule has 0 heterocycles. The summed E-state index contributed by atoms with van der Waals surface area (Å²) in [5, 5.41) is 34.4. The van der Waals surface area contributed by atoms with E-state index in [9.17, 15) is 34.5 Å². The number of rotatable bonds is 3. The zero-order valence-corrected chi connectivity index (χ0v) is 17.2. The number of Topliss-reactive ketones (excluding diaryl/α,β-unsaturated/α-hetero) is 3. The lowest BCUT2D eigenvalue weighted by Crippen LogP contribution is -2.42. The molecule has 4 rings (SSSR count). The van der Waals surface area contributed by atoms with Gasteiger partial charge in [0, 0.05) is 18.4 Å². The molecule has 1 aromatic rings. The highest BCUT2D eigenvalue weighted by molar-refractivity contribution is 6.22. The number of anilines is 1. The summed E-state index contributed by atoms with van der Waals surface area (Å²) in [5.74, 6) is -5.10. The van der Waals surface area contributed by atoms with Crippen LogP contribution in [-0.4, -0.2) is 38.6 Å². The average molecular weight is 425 g/mol. The van der Waals surface area contributed by atoms with Crippen LogP contribution in [0.1, 0.15) is 49.0 Å². The first-order valence-electron chi connectivity index (χ1n) is 10.2. The molecule has 0 saturated carbocycles. The summed E-state index contributed by atoms with van der Waals surface area (Å²) in [7, 11) is 0. The van der Waals surface area contributed by atoms with E-state index in [1.54, 1.807) is 13.0 Å². The van der Waals surface area contributed by atoms with Gasteiger partial charge in [-0.3, -0.25) is 19.2 Å². The third-order valence-electron chi connectivity index (χ3n) is 6.46. The van der Waals surface area contributed by atoms with Crippen LogP contribution in [0, 0.1) is 17.8 Å². The fourth-order valence-corrected chi connectivity index (χ4v) is 5.07. The number of ketones is 3. The Morgan fingerprint density at radius 2 is 1.84 bits per heavy atom. The predicted octanol–water partition coefficient (Wildman–Crippen LogP) is 2.92. The summed E-state index contributed by atoms with van der Waals surface area (Å²) in [4.78, 5) is 49.8. The minimum Gasteiger partial charge on any atom is -0.511 e. The Balaban J connectivity index is 1.79. The molecule has 4 N–H and O–H groups in total. The van der Waals surface area contributed by atoms with Gasteiger partial charge in [0.1, 0.15) is 11.5 Å². The van der Waals surface area contributed by atoms with E-state index >= 15 is 0 Å². The Labute approximate surface area is 178 Å². The van der Waals surface area contributed by atoms with Gasteiger partial charge in [0.15, 0.2) is 23.1 Å². The quantitative estimate of drug-likeness (QED) is 0.431. The highest BCUT2D eigenvalue weighted by atomic mass is 16.3. The normalized spacial score (nSPS) is 25.0. The lowest BCUT2D eigenvalue weighted by Gasteiger charge is -2.40. The molecule has 8 nitrogen and oxygen atoms in total. The second-order valence-electron chi connectivity index (χ2n) is 8.35. The highest BCUT2D eigenvalue weighted by Crippen LogP contribution is 2.50. The van der Waals surface area contributed by atoms with Crippen LogP contribution < -0.4 is 5.32 Å². The molecule has 1 amide bonds. The van der Waals surface area contributed by atoms with E-state index in [2.05, 4.69) is 5.32 Å². The molecule has 1 aromatic carbocycles. The minimum absolute atomic E-state index is 0.00130. The number of fused-ring (bicyclic) bond motifs is 3. The van der Waals surface area contributed by atoms with E-state index in [-0.39, 0.29) is 58.6 Å². The fraction of sp³-hybridized carbons (Fsp3) is 0.391. The zero-order valence-electron chi connectivity index (χ0n) is 17.2. The maximum Gasteiger partial charge on any atom is 0.224 e. The molecule has 0 bridgehead atoms. The zero-order chi connectivity index (χ0) is 22.6. The number of phenolic OH excluding ortho intramolecular Hbond substituents is 1. The molecule has 0 saturated heterocycles. The molecule has 0 fully saturated rings. The first-order chi connectivity index (χ1) is 14.6. The topological polar surface area (TPSA) is 141 Å². The number of benzene rings is 1. The van der Waals surface area contributed by atoms with E-state index in [1.165, 1.54) is 13.0 Å². The van der Waals surface area contributed by atoms with Gasteiger partial charge in [-0.05, 0) is 43.2 Å².